The molecule has 0 radical (unpaired) electrons. The molecule has 1 aromatic rings. The average Bonchev–Trinajstić information content (AvgIpc) is 2.40. The quantitative estimate of drug-likeness (QED) is 0.772. The fourth-order valence-corrected chi connectivity index (χ4v) is 1.99. The highest BCUT2D eigenvalue weighted by molar-refractivity contribution is 6.03. The third kappa shape index (κ3) is 4.74. The van der Waals surface area contributed by atoms with Crippen molar-refractivity contribution in [2.45, 2.75) is 6.92 Å². The first kappa shape index (κ1) is 13.6. The van der Waals surface area contributed by atoms with E-state index in [1.54, 1.807) is 0 Å². The van der Waals surface area contributed by atoms with Crippen molar-refractivity contribution in [2.24, 2.45) is 0 Å². The van der Waals surface area contributed by atoms with E-state index in [0.29, 0.717) is 6.54 Å². The Hall–Kier alpha value is -1.83. The minimum absolute atomic E-state index is 0.249. The summed E-state index contributed by atoms with van der Waals surface area (Å²) in [5.41, 5.74) is 1.91. The van der Waals surface area contributed by atoms with Gasteiger partial charge in [-0.15, -0.1) is 0 Å². The minimum Gasteiger partial charge on any atom is -0.315 e. The topological polar surface area (TPSA) is 44.4 Å². The van der Waals surface area contributed by atoms with E-state index in [1.807, 2.05) is 31.2 Å². The standard InChI is InChI=1S/C15H19N3O/c1-13-4-2-5-14(12-13)17-15(19)6-3-9-18-10-7-16-8-11-18/h2,4-5,12,16H,7-11H2,1H3,(H,17,19). The number of rotatable bonds is 2. The van der Waals surface area contributed by atoms with Gasteiger partial charge in [0.1, 0.15) is 0 Å². The molecule has 1 aliphatic heterocycles. The molecule has 2 N–H and O–H groups in total. The summed E-state index contributed by atoms with van der Waals surface area (Å²) in [5.74, 6) is 5.31. The Morgan fingerprint density at radius 2 is 2.21 bits per heavy atom. The Kier molecular flexibility index (Phi) is 4.96. The summed E-state index contributed by atoms with van der Waals surface area (Å²) in [5, 5.41) is 6.06. The first-order chi connectivity index (χ1) is 9.24. The predicted octanol–water partition coefficient (Wildman–Crippen LogP) is 0.842. The molecule has 1 aromatic carbocycles. The van der Waals surface area contributed by atoms with Crippen LogP contribution in [0.15, 0.2) is 24.3 Å². The summed E-state index contributed by atoms with van der Waals surface area (Å²) in [6, 6.07) is 7.70. The molecule has 0 bridgehead atoms. The molecule has 2 rings (SSSR count). The van der Waals surface area contributed by atoms with Crippen LogP contribution in [0.1, 0.15) is 5.56 Å². The van der Waals surface area contributed by atoms with Crippen molar-refractivity contribution in [3.8, 4) is 11.8 Å². The number of nitrogens with zero attached hydrogens (tertiary/aromatic N) is 1. The zero-order valence-electron chi connectivity index (χ0n) is 11.2. The molecule has 1 saturated heterocycles. The number of benzene rings is 1. The van der Waals surface area contributed by atoms with E-state index in [-0.39, 0.29) is 5.91 Å². The van der Waals surface area contributed by atoms with Crippen molar-refractivity contribution < 1.29 is 4.79 Å². The first-order valence-corrected chi connectivity index (χ1v) is 6.53. The number of aryl methyl sites for hydroxylation is 1. The molecule has 100 valence electrons. The van der Waals surface area contributed by atoms with Crippen molar-refractivity contribution >= 4 is 11.6 Å². The van der Waals surface area contributed by atoms with Crippen LogP contribution < -0.4 is 10.6 Å². The van der Waals surface area contributed by atoms with Gasteiger partial charge in [-0.3, -0.25) is 9.69 Å². The van der Waals surface area contributed by atoms with Crippen LogP contribution in [0.4, 0.5) is 5.69 Å². The first-order valence-electron chi connectivity index (χ1n) is 6.53. The van der Waals surface area contributed by atoms with E-state index in [1.165, 1.54) is 0 Å². The number of hydrogen-bond acceptors (Lipinski definition) is 3. The fourth-order valence-electron chi connectivity index (χ4n) is 1.99. The monoisotopic (exact) mass is 257 g/mol. The normalized spacial score (nSPS) is 15.4. The second-order valence-corrected chi connectivity index (χ2v) is 4.65. The second kappa shape index (κ2) is 6.93. The zero-order chi connectivity index (χ0) is 13.5. The minimum atomic E-state index is -0.249. The molecule has 0 spiro atoms. The average molecular weight is 257 g/mol. The molecule has 0 saturated carbocycles. The molecule has 1 fully saturated rings. The maximum Gasteiger partial charge on any atom is 0.300 e. The van der Waals surface area contributed by atoms with Crippen LogP contribution in [-0.2, 0) is 4.79 Å². The number of hydrogen-bond donors (Lipinski definition) is 2. The van der Waals surface area contributed by atoms with E-state index < -0.39 is 0 Å². The van der Waals surface area contributed by atoms with Gasteiger partial charge < -0.3 is 10.6 Å². The van der Waals surface area contributed by atoms with Crippen molar-refractivity contribution in [2.75, 3.05) is 38.0 Å². The van der Waals surface area contributed by atoms with Gasteiger partial charge in [0.15, 0.2) is 0 Å². The van der Waals surface area contributed by atoms with Crippen LogP contribution >= 0.6 is 0 Å². The number of nitrogens with one attached hydrogen (secondary N) is 2. The Morgan fingerprint density at radius 3 is 2.95 bits per heavy atom. The Morgan fingerprint density at radius 1 is 1.42 bits per heavy atom. The van der Waals surface area contributed by atoms with Crippen molar-refractivity contribution in [3.05, 3.63) is 29.8 Å². The lowest BCUT2D eigenvalue weighted by Crippen LogP contribution is -2.43. The lowest BCUT2D eigenvalue weighted by Gasteiger charge is -2.24. The number of anilines is 1. The van der Waals surface area contributed by atoms with Gasteiger partial charge in [0.25, 0.3) is 5.91 Å². The lowest BCUT2D eigenvalue weighted by molar-refractivity contribution is -0.111. The SMILES string of the molecule is Cc1cccc(NC(=O)C#CCN2CCNCC2)c1. The van der Waals surface area contributed by atoms with Crippen LogP contribution in [0.3, 0.4) is 0 Å². The van der Waals surface area contributed by atoms with Gasteiger partial charge in [-0.2, -0.15) is 0 Å². The zero-order valence-corrected chi connectivity index (χ0v) is 11.2. The largest absolute Gasteiger partial charge is 0.315 e. The van der Waals surface area contributed by atoms with Gasteiger partial charge >= 0.3 is 0 Å². The van der Waals surface area contributed by atoms with E-state index in [9.17, 15) is 4.79 Å². The third-order valence-corrected chi connectivity index (χ3v) is 2.99. The second-order valence-electron chi connectivity index (χ2n) is 4.65. The van der Waals surface area contributed by atoms with E-state index in [2.05, 4.69) is 27.4 Å². The Bertz CT molecular complexity index is 496. The molecular weight excluding hydrogens is 238 g/mol. The molecule has 19 heavy (non-hydrogen) atoms. The van der Waals surface area contributed by atoms with Crippen molar-refractivity contribution in [1.29, 1.82) is 0 Å². The number of carbonyl (C=O) groups excluding carboxylic acids is 1. The summed E-state index contributed by atoms with van der Waals surface area (Å²) < 4.78 is 0. The molecule has 0 atom stereocenters. The molecular formula is C15H19N3O. The summed E-state index contributed by atoms with van der Waals surface area (Å²) in [6.45, 7) is 6.63. The highest BCUT2D eigenvalue weighted by Crippen LogP contribution is 2.08. The summed E-state index contributed by atoms with van der Waals surface area (Å²) in [4.78, 5) is 13.9. The highest BCUT2D eigenvalue weighted by Gasteiger charge is 2.06. The van der Waals surface area contributed by atoms with Crippen LogP contribution in [0.5, 0.6) is 0 Å². The van der Waals surface area contributed by atoms with Gasteiger partial charge in [-0.1, -0.05) is 18.1 Å². The molecule has 4 nitrogen and oxygen atoms in total. The van der Waals surface area contributed by atoms with Gasteiger partial charge in [0.2, 0.25) is 0 Å². The Balaban J connectivity index is 1.81. The maximum absolute atomic E-state index is 11.6. The lowest BCUT2D eigenvalue weighted by atomic mass is 10.2. The van der Waals surface area contributed by atoms with Crippen LogP contribution in [0.2, 0.25) is 0 Å². The molecule has 0 aliphatic carbocycles. The molecule has 0 aromatic heterocycles. The summed E-state index contributed by atoms with van der Waals surface area (Å²) >= 11 is 0. The van der Waals surface area contributed by atoms with Crippen LogP contribution in [0.25, 0.3) is 0 Å². The maximum atomic E-state index is 11.6. The predicted molar refractivity (Wildman–Crippen MR) is 76.9 cm³/mol. The third-order valence-electron chi connectivity index (χ3n) is 2.99. The molecule has 1 heterocycles. The van der Waals surface area contributed by atoms with Gasteiger partial charge in [-0.25, -0.2) is 0 Å². The summed E-state index contributed by atoms with van der Waals surface area (Å²) in [7, 11) is 0. The molecule has 1 aliphatic rings. The van der Waals surface area contributed by atoms with E-state index in [0.717, 1.165) is 37.4 Å². The van der Waals surface area contributed by atoms with Gasteiger partial charge in [0, 0.05) is 31.9 Å². The number of piperazine rings is 1. The van der Waals surface area contributed by atoms with Crippen molar-refractivity contribution in [1.82, 2.24) is 10.2 Å². The fraction of sp³-hybridized carbons (Fsp3) is 0.400. The number of carbonyl (C=O) groups is 1. The number of amides is 1. The van der Waals surface area contributed by atoms with Crippen molar-refractivity contribution in [3.63, 3.8) is 0 Å². The summed E-state index contributed by atoms with van der Waals surface area (Å²) in [6.07, 6.45) is 0. The molecule has 4 heteroatoms. The smallest absolute Gasteiger partial charge is 0.300 e. The molecule has 0 unspecified atom stereocenters. The van der Waals surface area contributed by atoms with Gasteiger partial charge in [0.05, 0.1) is 6.54 Å². The van der Waals surface area contributed by atoms with E-state index in [4.69, 9.17) is 0 Å². The van der Waals surface area contributed by atoms with Crippen LogP contribution in [0, 0.1) is 18.8 Å². The molecule has 1 amide bonds. The van der Waals surface area contributed by atoms with E-state index >= 15 is 0 Å². The van der Waals surface area contributed by atoms with Gasteiger partial charge in [-0.05, 0) is 30.5 Å². The van der Waals surface area contributed by atoms with Crippen LogP contribution in [-0.4, -0.2) is 43.5 Å². The Labute approximate surface area is 114 Å². The highest BCUT2D eigenvalue weighted by atomic mass is 16.1.